The minimum absolute atomic E-state index is 0.153. The lowest BCUT2D eigenvalue weighted by Crippen LogP contribution is -2.29. The lowest BCUT2D eigenvalue weighted by molar-refractivity contribution is 0.567. The van der Waals surface area contributed by atoms with Crippen molar-refractivity contribution in [2.75, 3.05) is 23.3 Å². The van der Waals surface area contributed by atoms with Gasteiger partial charge >= 0.3 is 0 Å². The molecule has 1 heterocycles. The first-order valence-electron chi connectivity index (χ1n) is 7.03. The molecule has 2 rings (SSSR count). The third-order valence-corrected chi connectivity index (χ3v) is 3.18. The van der Waals surface area contributed by atoms with Crippen molar-refractivity contribution in [1.82, 2.24) is 4.98 Å². The van der Waals surface area contributed by atoms with Crippen molar-refractivity contribution in [3.05, 3.63) is 17.7 Å². The van der Waals surface area contributed by atoms with Gasteiger partial charge in [0.15, 0.2) is 23.3 Å². The lowest BCUT2D eigenvalue weighted by Gasteiger charge is -2.24. The number of nitrogens with zero attached hydrogens (tertiary/aromatic N) is 2. The molecule has 3 nitrogen and oxygen atoms in total. The van der Waals surface area contributed by atoms with E-state index in [0.717, 1.165) is 38.3 Å². The predicted molar refractivity (Wildman–Crippen MR) is 73.6 cm³/mol. The van der Waals surface area contributed by atoms with Crippen LogP contribution >= 0.6 is 0 Å². The molecule has 0 spiro atoms. The van der Waals surface area contributed by atoms with Gasteiger partial charge in [0.05, 0.1) is 0 Å². The monoisotopic (exact) mass is 269 g/mol. The molecule has 0 radical (unpaired) electrons. The molecule has 5 heteroatoms. The van der Waals surface area contributed by atoms with Gasteiger partial charge in [-0.3, -0.25) is 0 Å². The second-order valence-corrected chi connectivity index (χ2v) is 4.98. The third kappa shape index (κ3) is 3.33. The van der Waals surface area contributed by atoms with Crippen LogP contribution in [0.1, 0.15) is 39.5 Å². The molecule has 0 aromatic carbocycles. The van der Waals surface area contributed by atoms with E-state index in [4.69, 9.17) is 0 Å². The van der Waals surface area contributed by atoms with Gasteiger partial charge in [0.1, 0.15) is 0 Å². The van der Waals surface area contributed by atoms with E-state index in [1.165, 1.54) is 0 Å². The zero-order valence-electron chi connectivity index (χ0n) is 11.5. The second-order valence-electron chi connectivity index (χ2n) is 4.98. The Labute approximate surface area is 113 Å². The zero-order chi connectivity index (χ0) is 13.8. The molecule has 19 heavy (non-hydrogen) atoms. The maximum absolute atomic E-state index is 13.9. The summed E-state index contributed by atoms with van der Waals surface area (Å²) >= 11 is 0. The molecule has 1 aliphatic rings. The van der Waals surface area contributed by atoms with Crippen LogP contribution in [0.5, 0.6) is 0 Å². The summed E-state index contributed by atoms with van der Waals surface area (Å²) in [6.45, 7) is 5.43. The smallest absolute Gasteiger partial charge is 0.168 e. The van der Waals surface area contributed by atoms with Crippen LogP contribution in [-0.2, 0) is 0 Å². The Kier molecular flexibility index (Phi) is 4.56. The Morgan fingerprint density at radius 3 is 2.58 bits per heavy atom. The van der Waals surface area contributed by atoms with Gasteiger partial charge in [0.25, 0.3) is 0 Å². The Morgan fingerprint density at radius 1 is 1.26 bits per heavy atom. The van der Waals surface area contributed by atoms with E-state index >= 15 is 0 Å². The van der Waals surface area contributed by atoms with Crippen LogP contribution in [-0.4, -0.2) is 24.1 Å². The van der Waals surface area contributed by atoms with Crippen LogP contribution in [0.2, 0.25) is 0 Å². The molecular formula is C14H21F2N3. The highest BCUT2D eigenvalue weighted by Crippen LogP contribution is 2.33. The molecule has 1 fully saturated rings. The van der Waals surface area contributed by atoms with Crippen molar-refractivity contribution in [3.63, 3.8) is 0 Å². The quantitative estimate of drug-likeness (QED) is 0.820. The summed E-state index contributed by atoms with van der Waals surface area (Å²) in [7, 11) is 0. The topological polar surface area (TPSA) is 28.2 Å². The van der Waals surface area contributed by atoms with Gasteiger partial charge in [-0.05, 0) is 25.7 Å². The molecule has 1 aromatic rings. The molecular weight excluding hydrogens is 248 g/mol. The average Bonchev–Trinajstić information content (AvgIpc) is 3.20. The van der Waals surface area contributed by atoms with E-state index in [0.29, 0.717) is 12.6 Å². The molecule has 1 aliphatic carbocycles. The number of aromatic nitrogens is 1. The summed E-state index contributed by atoms with van der Waals surface area (Å²) in [5, 5.41) is 2.91. The number of pyridine rings is 1. The summed E-state index contributed by atoms with van der Waals surface area (Å²) in [6, 6.07) is 1.30. The number of anilines is 2. The largest absolute Gasteiger partial charge is 0.368 e. The summed E-state index contributed by atoms with van der Waals surface area (Å²) in [5.74, 6) is -0.758. The number of hydrogen-bond donors (Lipinski definition) is 1. The van der Waals surface area contributed by atoms with Crippen LogP contribution in [0.15, 0.2) is 6.07 Å². The van der Waals surface area contributed by atoms with Crippen molar-refractivity contribution in [3.8, 4) is 0 Å². The first-order valence-corrected chi connectivity index (χ1v) is 7.03. The highest BCUT2D eigenvalue weighted by molar-refractivity contribution is 5.50. The standard InChI is InChI=1S/C14H21F2N3/c1-3-7-17-13-11(15)9-12(16)14(18-13)19(8-4-2)10-5-6-10/h9-10H,3-8H2,1-2H3,(H,17,18). The lowest BCUT2D eigenvalue weighted by atomic mass is 10.3. The maximum atomic E-state index is 13.9. The van der Waals surface area contributed by atoms with Gasteiger partial charge in [-0.25, -0.2) is 13.8 Å². The Balaban J connectivity index is 2.26. The highest BCUT2D eigenvalue weighted by atomic mass is 19.1. The van der Waals surface area contributed by atoms with Crippen molar-refractivity contribution < 1.29 is 8.78 Å². The van der Waals surface area contributed by atoms with Gasteiger partial charge in [-0.15, -0.1) is 0 Å². The van der Waals surface area contributed by atoms with Crippen molar-refractivity contribution in [2.24, 2.45) is 0 Å². The number of rotatable bonds is 7. The van der Waals surface area contributed by atoms with E-state index in [2.05, 4.69) is 10.3 Å². The Hall–Kier alpha value is -1.39. The second kappa shape index (κ2) is 6.17. The first-order chi connectivity index (χ1) is 9.17. The molecule has 0 unspecified atom stereocenters. The Bertz CT molecular complexity index is 433. The molecule has 0 bridgehead atoms. The molecule has 1 saturated carbocycles. The number of nitrogens with one attached hydrogen (secondary N) is 1. The third-order valence-electron chi connectivity index (χ3n) is 3.18. The molecule has 0 aliphatic heterocycles. The van der Waals surface area contributed by atoms with Crippen LogP contribution < -0.4 is 10.2 Å². The summed E-state index contributed by atoms with van der Waals surface area (Å²) in [6.07, 6.45) is 3.92. The van der Waals surface area contributed by atoms with E-state index < -0.39 is 11.6 Å². The summed E-state index contributed by atoms with van der Waals surface area (Å²) in [5.41, 5.74) is 0. The Morgan fingerprint density at radius 2 is 2.00 bits per heavy atom. The van der Waals surface area contributed by atoms with Crippen molar-refractivity contribution in [2.45, 2.75) is 45.6 Å². The fourth-order valence-electron chi connectivity index (χ4n) is 2.11. The predicted octanol–water partition coefficient (Wildman–Crippen LogP) is 3.56. The molecule has 1 aromatic heterocycles. The van der Waals surface area contributed by atoms with Crippen LogP contribution in [0.3, 0.4) is 0 Å². The van der Waals surface area contributed by atoms with Crippen LogP contribution in [0.25, 0.3) is 0 Å². The number of hydrogen-bond acceptors (Lipinski definition) is 3. The molecule has 0 atom stereocenters. The maximum Gasteiger partial charge on any atom is 0.168 e. The van der Waals surface area contributed by atoms with Gasteiger partial charge in [-0.2, -0.15) is 0 Å². The normalized spacial score (nSPS) is 14.5. The minimum Gasteiger partial charge on any atom is -0.368 e. The zero-order valence-corrected chi connectivity index (χ0v) is 11.5. The summed E-state index contributed by atoms with van der Waals surface area (Å²) in [4.78, 5) is 6.12. The van der Waals surface area contributed by atoms with Gasteiger partial charge in [0, 0.05) is 25.2 Å². The SMILES string of the molecule is CCCNc1nc(N(CCC)C2CC2)c(F)cc1F. The number of halogens is 2. The minimum atomic E-state index is -0.623. The summed E-state index contributed by atoms with van der Waals surface area (Å²) < 4.78 is 27.6. The fraction of sp³-hybridized carbons (Fsp3) is 0.643. The fourth-order valence-corrected chi connectivity index (χ4v) is 2.11. The van der Waals surface area contributed by atoms with E-state index in [-0.39, 0.29) is 11.6 Å². The highest BCUT2D eigenvalue weighted by Gasteiger charge is 2.31. The van der Waals surface area contributed by atoms with Crippen LogP contribution in [0.4, 0.5) is 20.4 Å². The van der Waals surface area contributed by atoms with E-state index in [9.17, 15) is 8.78 Å². The van der Waals surface area contributed by atoms with Crippen LogP contribution in [0, 0.1) is 11.6 Å². The van der Waals surface area contributed by atoms with E-state index in [1.807, 2.05) is 18.7 Å². The molecule has 0 amide bonds. The first kappa shape index (κ1) is 14.0. The van der Waals surface area contributed by atoms with Crippen molar-refractivity contribution in [1.29, 1.82) is 0 Å². The molecule has 106 valence electrons. The van der Waals surface area contributed by atoms with Crippen molar-refractivity contribution >= 4 is 11.6 Å². The van der Waals surface area contributed by atoms with Gasteiger partial charge in [-0.1, -0.05) is 13.8 Å². The van der Waals surface area contributed by atoms with Gasteiger partial charge in [0.2, 0.25) is 0 Å². The van der Waals surface area contributed by atoms with E-state index in [1.54, 1.807) is 0 Å². The average molecular weight is 269 g/mol. The van der Waals surface area contributed by atoms with Gasteiger partial charge < -0.3 is 10.2 Å². The molecule has 0 saturated heterocycles. The molecule has 1 N–H and O–H groups in total.